The smallest absolute Gasteiger partial charge is 0.242 e. The van der Waals surface area contributed by atoms with Crippen LogP contribution < -0.4 is 10.6 Å². The normalized spacial score (nSPS) is 20.0. The van der Waals surface area contributed by atoms with Gasteiger partial charge in [0.25, 0.3) is 0 Å². The van der Waals surface area contributed by atoms with Gasteiger partial charge in [0, 0.05) is 24.2 Å². The highest BCUT2D eigenvalue weighted by Gasteiger charge is 2.21. The summed E-state index contributed by atoms with van der Waals surface area (Å²) in [5.41, 5.74) is 1.55. The number of hydrogen-bond donors (Lipinski definition) is 2. The fraction of sp³-hybridized carbons (Fsp3) is 0.455. The molecule has 1 atom stereocenters. The molecule has 1 aliphatic rings. The Hall–Kier alpha value is -0.780. The van der Waals surface area contributed by atoms with E-state index in [1.54, 1.807) is 18.0 Å². The van der Waals surface area contributed by atoms with Gasteiger partial charge in [0.2, 0.25) is 5.91 Å². The van der Waals surface area contributed by atoms with Crippen LogP contribution in [0.5, 0.6) is 0 Å². The molecule has 1 aromatic rings. The van der Waals surface area contributed by atoms with E-state index in [2.05, 4.69) is 15.6 Å². The zero-order chi connectivity index (χ0) is 12.3. The fourth-order valence-corrected chi connectivity index (χ4v) is 2.68. The summed E-state index contributed by atoms with van der Waals surface area (Å²) in [5, 5.41) is 6.31. The minimum Gasteiger partial charge on any atom is -0.322 e. The zero-order valence-corrected chi connectivity index (χ0v) is 11.1. The molecule has 6 heteroatoms. The number of hydrogen-bond acceptors (Lipinski definition) is 4. The van der Waals surface area contributed by atoms with Crippen LogP contribution in [0.25, 0.3) is 0 Å². The highest BCUT2D eigenvalue weighted by molar-refractivity contribution is 7.99. The highest BCUT2D eigenvalue weighted by atomic mass is 35.5. The minimum absolute atomic E-state index is 0.0495. The maximum atomic E-state index is 12.0. The number of halogens is 1. The topological polar surface area (TPSA) is 54.0 Å². The number of anilines is 1. The van der Waals surface area contributed by atoms with E-state index in [-0.39, 0.29) is 11.9 Å². The van der Waals surface area contributed by atoms with Gasteiger partial charge in [0.15, 0.2) is 5.15 Å². The first kappa shape index (κ1) is 12.7. The number of carbonyl (C=O) groups excluding carboxylic acids is 1. The molecule has 1 saturated heterocycles. The number of aryl methyl sites for hydroxylation is 1. The van der Waals surface area contributed by atoms with Crippen LogP contribution in [0.1, 0.15) is 5.56 Å². The van der Waals surface area contributed by atoms with Crippen LogP contribution in [-0.4, -0.2) is 35.0 Å². The Bertz CT molecular complexity index is 421. The van der Waals surface area contributed by atoms with Crippen molar-refractivity contribution in [3.05, 3.63) is 23.0 Å². The van der Waals surface area contributed by atoms with Gasteiger partial charge < -0.3 is 10.6 Å². The maximum absolute atomic E-state index is 12.0. The van der Waals surface area contributed by atoms with Gasteiger partial charge in [-0.05, 0) is 18.6 Å². The third kappa shape index (κ3) is 3.34. The molecule has 2 rings (SSSR count). The Balaban J connectivity index is 2.04. The summed E-state index contributed by atoms with van der Waals surface area (Å²) in [5.74, 6) is 1.80. The zero-order valence-electron chi connectivity index (χ0n) is 9.50. The molecule has 1 aromatic heterocycles. The third-order valence-electron chi connectivity index (χ3n) is 2.47. The van der Waals surface area contributed by atoms with E-state index < -0.39 is 0 Å². The predicted molar refractivity (Wildman–Crippen MR) is 71.7 cm³/mol. The van der Waals surface area contributed by atoms with Crippen LogP contribution in [0, 0.1) is 6.92 Å². The average Bonchev–Trinajstić information content (AvgIpc) is 2.35. The third-order valence-corrected chi connectivity index (χ3v) is 3.83. The Morgan fingerprint density at radius 1 is 1.71 bits per heavy atom. The monoisotopic (exact) mass is 271 g/mol. The first-order valence-corrected chi connectivity index (χ1v) is 6.94. The van der Waals surface area contributed by atoms with Crippen LogP contribution in [0.15, 0.2) is 12.3 Å². The lowest BCUT2D eigenvalue weighted by Crippen LogP contribution is -2.46. The van der Waals surface area contributed by atoms with Gasteiger partial charge in [-0.3, -0.25) is 4.79 Å². The highest BCUT2D eigenvalue weighted by Crippen LogP contribution is 2.20. The van der Waals surface area contributed by atoms with Gasteiger partial charge in [-0.15, -0.1) is 0 Å². The van der Waals surface area contributed by atoms with Crippen molar-refractivity contribution in [2.45, 2.75) is 13.0 Å². The minimum atomic E-state index is -0.148. The summed E-state index contributed by atoms with van der Waals surface area (Å²) in [4.78, 5) is 16.0. The van der Waals surface area contributed by atoms with Gasteiger partial charge in [0.1, 0.15) is 0 Å². The van der Waals surface area contributed by atoms with Crippen molar-refractivity contribution in [2.24, 2.45) is 0 Å². The molecule has 0 aliphatic carbocycles. The second kappa shape index (κ2) is 5.71. The Labute approximate surface area is 110 Å². The molecule has 0 saturated carbocycles. The molecule has 2 N–H and O–H groups in total. The summed E-state index contributed by atoms with van der Waals surface area (Å²) < 4.78 is 0. The van der Waals surface area contributed by atoms with E-state index in [9.17, 15) is 4.79 Å². The molecule has 1 fully saturated rings. The van der Waals surface area contributed by atoms with Crippen molar-refractivity contribution in [3.63, 3.8) is 0 Å². The largest absolute Gasteiger partial charge is 0.322 e. The molecule has 1 aliphatic heterocycles. The van der Waals surface area contributed by atoms with Crippen molar-refractivity contribution >= 4 is 35.0 Å². The van der Waals surface area contributed by atoms with Crippen molar-refractivity contribution in [3.8, 4) is 0 Å². The molecule has 0 radical (unpaired) electrons. The number of thioether (sulfide) groups is 1. The second-order valence-corrected chi connectivity index (χ2v) is 5.43. The van der Waals surface area contributed by atoms with Crippen LogP contribution >= 0.6 is 23.4 Å². The first-order valence-electron chi connectivity index (χ1n) is 5.41. The lowest BCUT2D eigenvalue weighted by Gasteiger charge is -2.22. The maximum Gasteiger partial charge on any atom is 0.242 e. The van der Waals surface area contributed by atoms with E-state index in [0.717, 1.165) is 23.6 Å². The number of rotatable bonds is 2. The number of nitrogens with zero attached hydrogens (tertiary/aromatic N) is 1. The van der Waals surface area contributed by atoms with Crippen molar-refractivity contribution in [1.29, 1.82) is 0 Å². The predicted octanol–water partition coefficient (Wildman–Crippen LogP) is 1.69. The van der Waals surface area contributed by atoms with Crippen LogP contribution in [-0.2, 0) is 4.79 Å². The Morgan fingerprint density at radius 3 is 3.24 bits per heavy atom. The van der Waals surface area contributed by atoms with Crippen LogP contribution in [0.4, 0.5) is 5.69 Å². The molecular formula is C11H14ClN3OS. The second-order valence-electron chi connectivity index (χ2n) is 3.92. The van der Waals surface area contributed by atoms with E-state index in [4.69, 9.17) is 11.6 Å². The lowest BCUT2D eigenvalue weighted by molar-refractivity contribution is -0.117. The Kier molecular flexibility index (Phi) is 4.25. The lowest BCUT2D eigenvalue weighted by atomic mass is 10.2. The van der Waals surface area contributed by atoms with Crippen LogP contribution in [0.2, 0.25) is 5.15 Å². The molecule has 0 bridgehead atoms. The number of amides is 1. The summed E-state index contributed by atoms with van der Waals surface area (Å²) in [6.45, 7) is 2.77. The van der Waals surface area contributed by atoms with Gasteiger partial charge >= 0.3 is 0 Å². The molecule has 0 aromatic carbocycles. The van der Waals surface area contributed by atoms with E-state index in [0.29, 0.717) is 10.8 Å². The number of aromatic nitrogens is 1. The van der Waals surface area contributed by atoms with Crippen LogP contribution in [0.3, 0.4) is 0 Å². The quantitative estimate of drug-likeness (QED) is 0.804. The standard InChI is InChI=1S/C11H14ClN3OS/c1-7-4-8(10(12)14-5-7)15-11(16)9-6-17-3-2-13-9/h4-5,9,13H,2-3,6H2,1H3,(H,15,16). The van der Waals surface area contributed by atoms with E-state index in [1.165, 1.54) is 0 Å². The van der Waals surface area contributed by atoms with E-state index in [1.807, 2.05) is 13.0 Å². The molecule has 92 valence electrons. The Morgan fingerprint density at radius 2 is 2.53 bits per heavy atom. The SMILES string of the molecule is Cc1cnc(Cl)c(NC(=O)C2CSCCN2)c1. The number of nitrogens with one attached hydrogen (secondary N) is 2. The molecule has 1 amide bonds. The summed E-state index contributed by atoms with van der Waals surface area (Å²) >= 11 is 7.71. The number of pyridine rings is 1. The van der Waals surface area contributed by atoms with Gasteiger partial charge in [-0.25, -0.2) is 4.98 Å². The van der Waals surface area contributed by atoms with Gasteiger partial charge in [0.05, 0.1) is 11.7 Å². The molecule has 4 nitrogen and oxygen atoms in total. The molecule has 2 heterocycles. The van der Waals surface area contributed by atoms with Crippen molar-refractivity contribution < 1.29 is 4.79 Å². The molecular weight excluding hydrogens is 258 g/mol. The first-order chi connectivity index (χ1) is 8.16. The average molecular weight is 272 g/mol. The molecule has 1 unspecified atom stereocenters. The summed E-state index contributed by atoms with van der Waals surface area (Å²) in [7, 11) is 0. The van der Waals surface area contributed by atoms with Gasteiger partial charge in [-0.1, -0.05) is 11.6 Å². The fourth-order valence-electron chi connectivity index (χ4n) is 1.59. The van der Waals surface area contributed by atoms with E-state index >= 15 is 0 Å². The van der Waals surface area contributed by atoms with Gasteiger partial charge in [-0.2, -0.15) is 11.8 Å². The molecule has 0 spiro atoms. The van der Waals surface area contributed by atoms with Crippen molar-refractivity contribution in [2.75, 3.05) is 23.4 Å². The van der Waals surface area contributed by atoms with Crippen molar-refractivity contribution in [1.82, 2.24) is 10.3 Å². The number of carbonyl (C=O) groups is 1. The summed E-state index contributed by atoms with van der Waals surface area (Å²) in [6.07, 6.45) is 1.67. The summed E-state index contributed by atoms with van der Waals surface area (Å²) in [6, 6.07) is 1.67. The molecule has 17 heavy (non-hydrogen) atoms.